The molecule has 0 atom stereocenters. The minimum Gasteiger partial charge on any atom is -0.493 e. The maximum Gasteiger partial charge on any atom is 0.252 e. The fourth-order valence-electron chi connectivity index (χ4n) is 3.47. The highest BCUT2D eigenvalue weighted by Crippen LogP contribution is 2.43. The minimum atomic E-state index is -0.583. The number of rotatable bonds is 6. The Bertz CT molecular complexity index is 1050. The molecule has 0 spiro atoms. The molecule has 1 saturated heterocycles. The third-order valence-electron chi connectivity index (χ3n) is 4.95. The fourth-order valence-corrected chi connectivity index (χ4v) is 4.60. The lowest BCUT2D eigenvalue weighted by Crippen LogP contribution is -2.35. The van der Waals surface area contributed by atoms with Gasteiger partial charge < -0.3 is 24.8 Å². The molecule has 0 bridgehead atoms. The van der Waals surface area contributed by atoms with Crippen LogP contribution in [0.5, 0.6) is 11.5 Å². The third-order valence-corrected chi connectivity index (χ3v) is 6.11. The van der Waals surface area contributed by atoms with Crippen molar-refractivity contribution in [1.29, 1.82) is 0 Å². The molecule has 2 N–H and O–H groups in total. The standard InChI is InChI=1S/C22H23N3O4S.ClH/c1-27-17-13-15(12-16(20(23)26)19(17)28-2)21-24-18(14-6-4-3-5-7-14)22(30-21)25-8-10-29-11-9-25;/h3-7,12-13H,8-11H2,1-2H3,(H2,23,26);1H. The SMILES string of the molecule is COc1cc(-c2nc(-c3ccccc3)c(N3CCOCC3)s2)cc(C(N)=O)c1OC.Cl. The number of benzene rings is 2. The summed E-state index contributed by atoms with van der Waals surface area (Å²) in [6, 6.07) is 13.6. The zero-order valence-electron chi connectivity index (χ0n) is 17.3. The van der Waals surface area contributed by atoms with E-state index in [2.05, 4.69) is 4.90 Å². The Balaban J connectivity index is 0.00000272. The topological polar surface area (TPSA) is 86.9 Å². The van der Waals surface area contributed by atoms with Gasteiger partial charge in [0.25, 0.3) is 5.91 Å². The van der Waals surface area contributed by atoms with Crippen LogP contribution in [0.25, 0.3) is 21.8 Å². The van der Waals surface area contributed by atoms with E-state index in [1.165, 1.54) is 14.2 Å². The summed E-state index contributed by atoms with van der Waals surface area (Å²) in [6.45, 7) is 2.98. The Morgan fingerprint density at radius 2 is 1.81 bits per heavy atom. The van der Waals surface area contributed by atoms with E-state index < -0.39 is 5.91 Å². The molecule has 1 aliphatic rings. The van der Waals surface area contributed by atoms with Crippen LogP contribution >= 0.6 is 23.7 Å². The Morgan fingerprint density at radius 3 is 2.42 bits per heavy atom. The van der Waals surface area contributed by atoms with E-state index in [9.17, 15) is 4.79 Å². The average Bonchev–Trinajstić information content (AvgIpc) is 3.24. The minimum absolute atomic E-state index is 0. The number of nitrogens with zero attached hydrogens (tertiary/aromatic N) is 2. The van der Waals surface area contributed by atoms with Crippen LogP contribution in [0.4, 0.5) is 5.00 Å². The number of amides is 1. The zero-order valence-corrected chi connectivity index (χ0v) is 18.9. The van der Waals surface area contributed by atoms with E-state index in [-0.39, 0.29) is 18.0 Å². The van der Waals surface area contributed by atoms with Crippen LogP contribution in [0.15, 0.2) is 42.5 Å². The van der Waals surface area contributed by atoms with Crippen LogP contribution in [0.3, 0.4) is 0 Å². The summed E-state index contributed by atoms with van der Waals surface area (Å²) in [4.78, 5) is 19.3. The maximum atomic E-state index is 12.0. The number of carbonyl (C=O) groups is 1. The summed E-state index contributed by atoms with van der Waals surface area (Å²) < 4.78 is 16.3. The number of anilines is 1. The molecule has 0 radical (unpaired) electrons. The molecule has 1 amide bonds. The zero-order chi connectivity index (χ0) is 21.1. The molecule has 1 aromatic heterocycles. The monoisotopic (exact) mass is 461 g/mol. The molecular weight excluding hydrogens is 438 g/mol. The summed E-state index contributed by atoms with van der Waals surface area (Å²) >= 11 is 1.58. The Morgan fingerprint density at radius 1 is 1.10 bits per heavy atom. The van der Waals surface area contributed by atoms with Gasteiger partial charge in [-0.3, -0.25) is 4.79 Å². The smallest absolute Gasteiger partial charge is 0.252 e. The average molecular weight is 462 g/mol. The first kappa shape index (κ1) is 22.9. The van der Waals surface area contributed by atoms with Crippen molar-refractivity contribution in [3.05, 3.63) is 48.0 Å². The van der Waals surface area contributed by atoms with Crippen molar-refractivity contribution in [2.45, 2.75) is 0 Å². The van der Waals surface area contributed by atoms with Gasteiger partial charge in [-0.1, -0.05) is 41.7 Å². The Kier molecular flexibility index (Phi) is 7.37. The maximum absolute atomic E-state index is 12.0. The number of aromatic nitrogens is 1. The molecule has 164 valence electrons. The highest BCUT2D eigenvalue weighted by atomic mass is 35.5. The van der Waals surface area contributed by atoms with Gasteiger partial charge in [0.15, 0.2) is 11.5 Å². The van der Waals surface area contributed by atoms with Gasteiger partial charge in [-0.25, -0.2) is 4.98 Å². The van der Waals surface area contributed by atoms with Crippen molar-refractivity contribution >= 4 is 34.7 Å². The predicted molar refractivity (Wildman–Crippen MR) is 125 cm³/mol. The Hall–Kier alpha value is -2.81. The number of morpholine rings is 1. The van der Waals surface area contributed by atoms with E-state index in [1.54, 1.807) is 17.4 Å². The second kappa shape index (κ2) is 10.00. The normalized spacial score (nSPS) is 13.4. The molecule has 7 nitrogen and oxygen atoms in total. The highest BCUT2D eigenvalue weighted by Gasteiger charge is 2.24. The summed E-state index contributed by atoms with van der Waals surface area (Å²) in [7, 11) is 3.01. The Labute approximate surface area is 191 Å². The van der Waals surface area contributed by atoms with Crippen LogP contribution in [0.1, 0.15) is 10.4 Å². The molecule has 0 aliphatic carbocycles. The van der Waals surface area contributed by atoms with Gasteiger partial charge in [0.05, 0.1) is 33.0 Å². The number of primary amides is 1. The second-order valence-corrected chi connectivity index (χ2v) is 7.74. The molecule has 2 aromatic carbocycles. The number of carbonyl (C=O) groups excluding carboxylic acids is 1. The molecule has 9 heteroatoms. The van der Waals surface area contributed by atoms with Crippen LogP contribution in [0, 0.1) is 0 Å². The lowest BCUT2D eigenvalue weighted by molar-refractivity contribution is 0.0996. The quantitative estimate of drug-likeness (QED) is 0.600. The number of halogens is 1. The lowest BCUT2D eigenvalue weighted by atomic mass is 10.1. The van der Waals surface area contributed by atoms with Gasteiger partial charge in [0, 0.05) is 24.2 Å². The number of hydrogen-bond donors (Lipinski definition) is 1. The number of ether oxygens (including phenoxy) is 3. The van der Waals surface area contributed by atoms with E-state index in [1.807, 2.05) is 36.4 Å². The number of methoxy groups -OCH3 is 2. The van der Waals surface area contributed by atoms with E-state index in [0.29, 0.717) is 24.7 Å². The molecule has 0 unspecified atom stereocenters. The first-order valence-corrected chi connectivity index (χ1v) is 10.4. The van der Waals surface area contributed by atoms with Crippen molar-refractivity contribution in [1.82, 2.24) is 4.98 Å². The summed E-state index contributed by atoms with van der Waals surface area (Å²) in [5.74, 6) is 0.176. The van der Waals surface area contributed by atoms with E-state index in [4.69, 9.17) is 24.9 Å². The molecule has 1 aliphatic heterocycles. The number of nitrogens with two attached hydrogens (primary N) is 1. The first-order chi connectivity index (χ1) is 14.6. The molecule has 31 heavy (non-hydrogen) atoms. The van der Waals surface area contributed by atoms with Gasteiger partial charge in [-0.2, -0.15) is 0 Å². The highest BCUT2D eigenvalue weighted by molar-refractivity contribution is 7.19. The van der Waals surface area contributed by atoms with Crippen molar-refractivity contribution < 1.29 is 19.0 Å². The predicted octanol–water partition coefficient (Wildman–Crippen LogP) is 3.85. The van der Waals surface area contributed by atoms with Gasteiger partial charge in [-0.15, -0.1) is 12.4 Å². The largest absolute Gasteiger partial charge is 0.493 e. The molecule has 0 saturated carbocycles. The molecule has 4 rings (SSSR count). The molecule has 3 aromatic rings. The number of thiazole rings is 1. The van der Waals surface area contributed by atoms with Gasteiger partial charge in [0.2, 0.25) is 0 Å². The van der Waals surface area contributed by atoms with Crippen LogP contribution < -0.4 is 20.1 Å². The fraction of sp³-hybridized carbons (Fsp3) is 0.273. The molecule has 2 heterocycles. The third kappa shape index (κ3) is 4.61. The van der Waals surface area contributed by atoms with E-state index >= 15 is 0 Å². The number of hydrogen-bond acceptors (Lipinski definition) is 7. The summed E-state index contributed by atoms with van der Waals surface area (Å²) in [5.41, 5.74) is 8.55. The van der Waals surface area contributed by atoms with Gasteiger partial charge >= 0.3 is 0 Å². The van der Waals surface area contributed by atoms with Gasteiger partial charge in [0.1, 0.15) is 15.7 Å². The lowest BCUT2D eigenvalue weighted by Gasteiger charge is -2.28. The van der Waals surface area contributed by atoms with Crippen LogP contribution in [0.2, 0.25) is 0 Å². The van der Waals surface area contributed by atoms with Crippen molar-refractivity contribution in [2.75, 3.05) is 45.4 Å². The first-order valence-electron chi connectivity index (χ1n) is 9.57. The van der Waals surface area contributed by atoms with Crippen LogP contribution in [-0.2, 0) is 4.74 Å². The molecule has 1 fully saturated rings. The summed E-state index contributed by atoms with van der Waals surface area (Å²) in [6.07, 6.45) is 0. The van der Waals surface area contributed by atoms with Crippen molar-refractivity contribution in [2.24, 2.45) is 5.73 Å². The van der Waals surface area contributed by atoms with Crippen molar-refractivity contribution in [3.8, 4) is 33.3 Å². The van der Waals surface area contributed by atoms with E-state index in [0.717, 1.165) is 39.9 Å². The second-order valence-electron chi connectivity index (χ2n) is 6.76. The van der Waals surface area contributed by atoms with Gasteiger partial charge in [-0.05, 0) is 12.1 Å². The summed E-state index contributed by atoms with van der Waals surface area (Å²) in [5, 5.41) is 1.86. The van der Waals surface area contributed by atoms with Crippen molar-refractivity contribution in [3.63, 3.8) is 0 Å². The molecular formula is C22H24ClN3O4S. The van der Waals surface area contributed by atoms with Crippen LogP contribution in [-0.4, -0.2) is 51.4 Å².